The van der Waals surface area contributed by atoms with Crippen LogP contribution in [-0.4, -0.2) is 18.4 Å². The molecule has 0 spiro atoms. The Labute approximate surface area is 90.5 Å². The fourth-order valence-electron chi connectivity index (χ4n) is 0.854. The van der Waals surface area contributed by atoms with Crippen molar-refractivity contribution in [3.05, 3.63) is 20.8 Å². The predicted octanol–water partition coefficient (Wildman–Crippen LogP) is 2.69. The highest BCUT2D eigenvalue weighted by Gasteiger charge is 2.27. The fraction of sp³-hybridized carbons (Fsp3) is 0.444. The Bertz CT molecular complexity index is 319. The van der Waals surface area contributed by atoms with Crippen LogP contribution < -0.4 is 5.32 Å². The fourth-order valence-corrected chi connectivity index (χ4v) is 2.38. The van der Waals surface area contributed by atoms with Crippen LogP contribution in [0.25, 0.3) is 0 Å². The molecule has 0 radical (unpaired) electrons. The molecule has 1 heterocycles. The molecule has 0 saturated heterocycles. The highest BCUT2D eigenvalue weighted by atomic mass is 79.9. The van der Waals surface area contributed by atoms with Gasteiger partial charge in [-0.05, 0) is 42.9 Å². The summed E-state index contributed by atoms with van der Waals surface area (Å²) in [6.45, 7) is 3.76. The van der Waals surface area contributed by atoms with Crippen LogP contribution in [-0.2, 0) is 0 Å². The largest absolute Gasteiger partial charge is 0.308 e. The van der Waals surface area contributed by atoms with Crippen LogP contribution in [0, 0.1) is 0 Å². The second-order valence-corrected chi connectivity index (χ2v) is 5.16. The van der Waals surface area contributed by atoms with Gasteiger partial charge >= 0.3 is 0 Å². The molecule has 1 rings (SSSR count). The van der Waals surface area contributed by atoms with E-state index in [1.807, 2.05) is 25.3 Å². The van der Waals surface area contributed by atoms with Crippen LogP contribution in [0.3, 0.4) is 0 Å². The minimum Gasteiger partial charge on any atom is -0.308 e. The van der Waals surface area contributed by atoms with E-state index in [0.717, 1.165) is 9.35 Å². The molecule has 1 aromatic rings. The Morgan fingerprint density at radius 1 is 1.62 bits per heavy atom. The molecule has 4 heteroatoms. The zero-order chi connectivity index (χ0) is 10.1. The molecule has 0 atom stereocenters. The maximum absolute atomic E-state index is 11.8. The van der Waals surface area contributed by atoms with Crippen molar-refractivity contribution in [1.29, 1.82) is 0 Å². The molecule has 0 amide bonds. The van der Waals surface area contributed by atoms with Gasteiger partial charge in [-0.2, -0.15) is 0 Å². The minimum absolute atomic E-state index is 0.130. The van der Waals surface area contributed by atoms with Crippen LogP contribution in [0.1, 0.15) is 23.5 Å². The van der Waals surface area contributed by atoms with Crippen molar-refractivity contribution in [2.24, 2.45) is 0 Å². The molecular weight excluding hydrogens is 250 g/mol. The third-order valence-electron chi connectivity index (χ3n) is 1.98. The Balaban J connectivity index is 2.91. The first-order chi connectivity index (χ1) is 5.97. The van der Waals surface area contributed by atoms with Gasteiger partial charge in [-0.1, -0.05) is 0 Å². The molecule has 0 unspecified atom stereocenters. The summed E-state index contributed by atoms with van der Waals surface area (Å²) < 4.78 is 0.966. The van der Waals surface area contributed by atoms with Crippen LogP contribution >= 0.6 is 27.3 Å². The number of rotatable bonds is 3. The van der Waals surface area contributed by atoms with Gasteiger partial charge < -0.3 is 5.32 Å². The van der Waals surface area contributed by atoms with E-state index in [1.165, 1.54) is 11.3 Å². The molecule has 0 aromatic carbocycles. The molecule has 13 heavy (non-hydrogen) atoms. The molecule has 0 aliphatic heterocycles. The summed E-state index contributed by atoms with van der Waals surface area (Å²) in [5.74, 6) is 0.130. The molecule has 0 bridgehead atoms. The number of ketones is 1. The van der Waals surface area contributed by atoms with Crippen molar-refractivity contribution in [2.75, 3.05) is 7.05 Å². The first-order valence-corrected chi connectivity index (χ1v) is 5.62. The molecule has 0 aliphatic carbocycles. The van der Waals surface area contributed by atoms with Crippen molar-refractivity contribution < 1.29 is 4.79 Å². The third kappa shape index (κ3) is 2.39. The number of hydrogen-bond donors (Lipinski definition) is 1. The second kappa shape index (κ2) is 3.90. The number of carbonyl (C=O) groups is 1. The van der Waals surface area contributed by atoms with E-state index < -0.39 is 5.54 Å². The lowest BCUT2D eigenvalue weighted by Crippen LogP contribution is -2.44. The molecule has 0 fully saturated rings. The van der Waals surface area contributed by atoms with Crippen LogP contribution in [0.2, 0.25) is 0 Å². The summed E-state index contributed by atoms with van der Waals surface area (Å²) in [5, 5.41) is 4.91. The van der Waals surface area contributed by atoms with E-state index in [1.54, 1.807) is 7.05 Å². The lowest BCUT2D eigenvalue weighted by molar-refractivity contribution is 0.0894. The van der Waals surface area contributed by atoms with Gasteiger partial charge in [-0.15, -0.1) is 11.3 Å². The van der Waals surface area contributed by atoms with Crippen LogP contribution in [0.4, 0.5) is 0 Å². The quantitative estimate of drug-likeness (QED) is 0.848. The monoisotopic (exact) mass is 261 g/mol. The number of nitrogens with one attached hydrogen (secondary N) is 1. The molecule has 0 aliphatic rings. The van der Waals surface area contributed by atoms with E-state index in [9.17, 15) is 4.79 Å². The van der Waals surface area contributed by atoms with Gasteiger partial charge in [-0.25, -0.2) is 0 Å². The maximum atomic E-state index is 11.8. The SMILES string of the molecule is CNC(C)(C)C(=O)c1cc(Br)cs1. The normalized spacial score (nSPS) is 11.7. The average molecular weight is 262 g/mol. The Morgan fingerprint density at radius 3 is 2.62 bits per heavy atom. The van der Waals surface area contributed by atoms with E-state index in [2.05, 4.69) is 21.2 Å². The van der Waals surface area contributed by atoms with Gasteiger partial charge in [0, 0.05) is 9.85 Å². The molecule has 72 valence electrons. The molecule has 1 aromatic heterocycles. The van der Waals surface area contributed by atoms with Gasteiger partial charge in [0.15, 0.2) is 5.78 Å². The van der Waals surface area contributed by atoms with Crippen LogP contribution in [0.5, 0.6) is 0 Å². The summed E-state index contributed by atoms with van der Waals surface area (Å²) in [4.78, 5) is 12.6. The smallest absolute Gasteiger partial charge is 0.192 e. The second-order valence-electron chi connectivity index (χ2n) is 3.33. The van der Waals surface area contributed by atoms with E-state index >= 15 is 0 Å². The Morgan fingerprint density at radius 2 is 2.23 bits per heavy atom. The number of carbonyl (C=O) groups excluding carboxylic acids is 1. The Kier molecular flexibility index (Phi) is 3.27. The summed E-state index contributed by atoms with van der Waals surface area (Å²) >= 11 is 4.79. The Hall–Kier alpha value is -0.190. The summed E-state index contributed by atoms with van der Waals surface area (Å²) in [7, 11) is 1.79. The number of likely N-dealkylation sites (N-methyl/N-ethyl adjacent to an activating group) is 1. The third-order valence-corrected chi connectivity index (χ3v) is 3.67. The van der Waals surface area contributed by atoms with Crippen molar-refractivity contribution in [3.8, 4) is 0 Å². The van der Waals surface area contributed by atoms with Crippen molar-refractivity contribution in [3.63, 3.8) is 0 Å². The predicted molar refractivity (Wildman–Crippen MR) is 59.5 cm³/mol. The zero-order valence-electron chi connectivity index (χ0n) is 7.85. The van der Waals surface area contributed by atoms with Gasteiger partial charge in [0.1, 0.15) is 0 Å². The number of halogens is 1. The van der Waals surface area contributed by atoms with E-state index in [-0.39, 0.29) is 5.78 Å². The summed E-state index contributed by atoms with van der Waals surface area (Å²) in [6, 6.07) is 1.85. The van der Waals surface area contributed by atoms with Crippen molar-refractivity contribution >= 4 is 33.0 Å². The maximum Gasteiger partial charge on any atom is 0.192 e. The molecular formula is C9H12BrNOS. The molecule has 2 nitrogen and oxygen atoms in total. The molecule has 0 saturated carbocycles. The first kappa shape index (κ1) is 10.9. The van der Waals surface area contributed by atoms with Gasteiger partial charge in [0.2, 0.25) is 0 Å². The number of Topliss-reactive ketones (excluding diaryl/α,β-unsaturated/α-hetero) is 1. The standard InChI is InChI=1S/C9H12BrNOS/c1-9(2,11-3)8(12)7-4-6(10)5-13-7/h4-5,11H,1-3H3. The number of hydrogen-bond acceptors (Lipinski definition) is 3. The summed E-state index contributed by atoms with van der Waals surface area (Å²) in [5.41, 5.74) is -0.482. The average Bonchev–Trinajstić information content (AvgIpc) is 2.50. The highest BCUT2D eigenvalue weighted by molar-refractivity contribution is 9.10. The lowest BCUT2D eigenvalue weighted by atomic mass is 9.98. The summed E-state index contributed by atoms with van der Waals surface area (Å²) in [6.07, 6.45) is 0. The van der Waals surface area contributed by atoms with E-state index in [4.69, 9.17) is 0 Å². The van der Waals surface area contributed by atoms with Crippen molar-refractivity contribution in [2.45, 2.75) is 19.4 Å². The molecule has 1 N–H and O–H groups in total. The number of thiophene rings is 1. The topological polar surface area (TPSA) is 29.1 Å². The van der Waals surface area contributed by atoms with Gasteiger partial charge in [0.25, 0.3) is 0 Å². The lowest BCUT2D eigenvalue weighted by Gasteiger charge is -2.20. The van der Waals surface area contributed by atoms with E-state index in [0.29, 0.717) is 0 Å². The van der Waals surface area contributed by atoms with Crippen LogP contribution in [0.15, 0.2) is 15.9 Å². The first-order valence-electron chi connectivity index (χ1n) is 3.95. The minimum atomic E-state index is -0.482. The van der Waals surface area contributed by atoms with Crippen molar-refractivity contribution in [1.82, 2.24) is 5.32 Å². The zero-order valence-corrected chi connectivity index (χ0v) is 10.3. The van der Waals surface area contributed by atoms with Gasteiger partial charge in [0.05, 0.1) is 10.4 Å². The van der Waals surface area contributed by atoms with Gasteiger partial charge in [-0.3, -0.25) is 4.79 Å². The highest BCUT2D eigenvalue weighted by Crippen LogP contribution is 2.23.